The molecule has 1 aliphatic rings. The summed E-state index contributed by atoms with van der Waals surface area (Å²) in [6, 6.07) is 9.13. The van der Waals surface area contributed by atoms with Crippen molar-refractivity contribution >= 4 is 23.4 Å². The lowest BCUT2D eigenvalue weighted by Gasteiger charge is -2.08. The number of hydrogen-bond acceptors (Lipinski definition) is 6. The summed E-state index contributed by atoms with van der Waals surface area (Å²) in [6.45, 7) is 2.50. The second kappa shape index (κ2) is 10.5. The molecule has 2 amide bonds. The molecular formula is C22H23F2N5O3. The summed E-state index contributed by atoms with van der Waals surface area (Å²) in [4.78, 5) is 26.4. The number of aromatic nitrogens is 1. The first kappa shape index (κ1) is 22.9. The Bertz CT molecular complexity index is 1060. The Morgan fingerprint density at radius 1 is 0.938 bits per heavy atom. The van der Waals surface area contributed by atoms with E-state index in [0.717, 1.165) is 12.1 Å². The highest BCUT2D eigenvalue weighted by molar-refractivity contribution is 5.97. The summed E-state index contributed by atoms with van der Waals surface area (Å²) in [5, 5.41) is 6.01. The van der Waals surface area contributed by atoms with E-state index in [9.17, 15) is 18.4 Å². The Morgan fingerprint density at radius 2 is 1.56 bits per heavy atom. The molecule has 3 aromatic rings. The Balaban J connectivity index is 0.000000416. The number of amides is 2. The number of nitrogens with one attached hydrogen (secondary N) is 2. The van der Waals surface area contributed by atoms with Gasteiger partial charge in [-0.3, -0.25) is 9.59 Å². The lowest BCUT2D eigenvalue weighted by molar-refractivity contribution is 0.0990. The number of anilines is 2. The maximum atomic E-state index is 13.9. The summed E-state index contributed by atoms with van der Waals surface area (Å²) in [7, 11) is 0. The Kier molecular flexibility index (Phi) is 7.50. The predicted molar refractivity (Wildman–Crippen MR) is 115 cm³/mol. The average Bonchev–Trinajstić information content (AvgIpc) is 3.19. The molecule has 0 bridgehead atoms. The lowest BCUT2D eigenvalue weighted by Crippen LogP contribution is -2.21. The highest BCUT2D eigenvalue weighted by Gasteiger charge is 2.23. The quantitative estimate of drug-likeness (QED) is 0.478. The van der Waals surface area contributed by atoms with Gasteiger partial charge in [0.1, 0.15) is 17.2 Å². The number of carbonyl (C=O) groups excluding carboxylic acids is 2. The number of oxazole rings is 1. The molecule has 0 spiro atoms. The topological polar surface area (TPSA) is 136 Å². The highest BCUT2D eigenvalue weighted by atomic mass is 19.1. The standard InChI is InChI=1S/C17H12F2N4O3.C5H11N/c18-10-2-1-3-11(19)12(10)16-23-13(15(21)25)17(26-16)22-9-6-4-8(5-7-9)14(20)24;1-2-4-6-5-3-1/h1-7,22H,(H2,20,24)(H2,21,25);6H,1-5H2. The number of nitrogens with zero attached hydrogens (tertiary/aromatic N) is 1. The summed E-state index contributed by atoms with van der Waals surface area (Å²) < 4.78 is 33.1. The third-order valence-electron chi connectivity index (χ3n) is 4.67. The number of carbonyl (C=O) groups is 2. The molecule has 8 nitrogen and oxygen atoms in total. The number of benzene rings is 2. The van der Waals surface area contributed by atoms with Crippen molar-refractivity contribution in [2.24, 2.45) is 11.5 Å². The Labute approximate surface area is 183 Å². The smallest absolute Gasteiger partial charge is 0.273 e. The van der Waals surface area contributed by atoms with Gasteiger partial charge in [-0.1, -0.05) is 12.5 Å². The van der Waals surface area contributed by atoms with Crippen LogP contribution in [-0.4, -0.2) is 29.9 Å². The van der Waals surface area contributed by atoms with Gasteiger partial charge in [0.15, 0.2) is 5.69 Å². The normalized spacial score (nSPS) is 13.1. The minimum Gasteiger partial charge on any atom is -0.419 e. The van der Waals surface area contributed by atoms with Gasteiger partial charge in [-0.15, -0.1) is 0 Å². The van der Waals surface area contributed by atoms with Crippen LogP contribution in [0.15, 0.2) is 46.9 Å². The van der Waals surface area contributed by atoms with Gasteiger partial charge in [-0.2, -0.15) is 0 Å². The van der Waals surface area contributed by atoms with Crippen molar-refractivity contribution in [2.75, 3.05) is 18.4 Å². The first-order valence-corrected chi connectivity index (χ1v) is 9.99. The predicted octanol–water partition coefficient (Wildman–Crippen LogP) is 3.32. The van der Waals surface area contributed by atoms with Gasteiger partial charge in [-0.25, -0.2) is 13.8 Å². The van der Waals surface area contributed by atoms with Gasteiger partial charge in [0.2, 0.25) is 17.7 Å². The number of hydrogen-bond donors (Lipinski definition) is 4. The average molecular weight is 443 g/mol. The van der Waals surface area contributed by atoms with Gasteiger partial charge in [0.25, 0.3) is 5.91 Å². The van der Waals surface area contributed by atoms with Crippen molar-refractivity contribution in [1.82, 2.24) is 10.3 Å². The fourth-order valence-electron chi connectivity index (χ4n) is 3.03. The van der Waals surface area contributed by atoms with Crippen molar-refractivity contribution in [2.45, 2.75) is 19.3 Å². The van der Waals surface area contributed by atoms with E-state index < -0.39 is 34.9 Å². The third kappa shape index (κ3) is 5.67. The van der Waals surface area contributed by atoms with Crippen LogP contribution in [0.5, 0.6) is 0 Å². The van der Waals surface area contributed by atoms with Crippen LogP contribution in [0.4, 0.5) is 20.4 Å². The molecule has 32 heavy (non-hydrogen) atoms. The fourth-order valence-corrected chi connectivity index (χ4v) is 3.03. The molecule has 1 saturated heterocycles. The number of piperidine rings is 1. The molecule has 1 fully saturated rings. The fraction of sp³-hybridized carbons (Fsp3) is 0.227. The molecule has 0 unspecified atom stereocenters. The zero-order valence-electron chi connectivity index (χ0n) is 17.2. The van der Waals surface area contributed by atoms with Crippen LogP contribution in [0.3, 0.4) is 0 Å². The Hall–Kier alpha value is -3.79. The Morgan fingerprint density at radius 3 is 2.03 bits per heavy atom. The van der Waals surface area contributed by atoms with Gasteiger partial charge in [-0.05, 0) is 62.3 Å². The molecule has 0 aliphatic carbocycles. The van der Waals surface area contributed by atoms with E-state index in [4.69, 9.17) is 15.9 Å². The van der Waals surface area contributed by atoms with E-state index in [0.29, 0.717) is 5.69 Å². The first-order chi connectivity index (χ1) is 15.4. The number of rotatable bonds is 5. The van der Waals surface area contributed by atoms with E-state index in [1.54, 1.807) is 0 Å². The highest BCUT2D eigenvalue weighted by Crippen LogP contribution is 2.31. The summed E-state index contributed by atoms with van der Waals surface area (Å²) in [6.07, 6.45) is 4.22. The molecule has 2 heterocycles. The van der Waals surface area contributed by atoms with E-state index >= 15 is 0 Å². The van der Waals surface area contributed by atoms with Crippen LogP contribution >= 0.6 is 0 Å². The van der Waals surface area contributed by atoms with Crippen LogP contribution in [0.1, 0.15) is 40.1 Å². The third-order valence-corrected chi connectivity index (χ3v) is 4.67. The zero-order chi connectivity index (χ0) is 23.1. The summed E-state index contributed by atoms with van der Waals surface area (Å²) >= 11 is 0. The maximum Gasteiger partial charge on any atom is 0.273 e. The van der Waals surface area contributed by atoms with Crippen molar-refractivity contribution in [3.05, 3.63) is 65.4 Å². The lowest BCUT2D eigenvalue weighted by atomic mass is 10.2. The number of nitrogens with two attached hydrogens (primary N) is 2. The van der Waals surface area contributed by atoms with Crippen LogP contribution in [0, 0.1) is 11.6 Å². The second-order valence-corrected chi connectivity index (χ2v) is 7.03. The molecule has 6 N–H and O–H groups in total. The molecule has 10 heteroatoms. The SMILES string of the molecule is C1CCNCC1.NC(=O)c1ccc(Nc2oc(-c3c(F)cccc3F)nc2C(N)=O)cc1. The van der Waals surface area contributed by atoms with E-state index in [-0.39, 0.29) is 17.1 Å². The van der Waals surface area contributed by atoms with Gasteiger partial charge >= 0.3 is 0 Å². The van der Waals surface area contributed by atoms with Gasteiger partial charge < -0.3 is 26.5 Å². The molecular weight excluding hydrogens is 420 g/mol. The van der Waals surface area contributed by atoms with Crippen LogP contribution < -0.4 is 22.1 Å². The van der Waals surface area contributed by atoms with E-state index in [1.165, 1.54) is 62.7 Å². The van der Waals surface area contributed by atoms with Crippen molar-refractivity contribution < 1.29 is 22.8 Å². The maximum absolute atomic E-state index is 13.9. The number of primary amides is 2. The van der Waals surface area contributed by atoms with Crippen LogP contribution in [-0.2, 0) is 0 Å². The van der Waals surface area contributed by atoms with Gasteiger partial charge in [0.05, 0.1) is 0 Å². The minimum absolute atomic E-state index is 0.193. The summed E-state index contributed by atoms with van der Waals surface area (Å²) in [5.74, 6) is -3.99. The first-order valence-electron chi connectivity index (χ1n) is 9.99. The number of halogens is 2. The molecule has 1 aliphatic heterocycles. The molecule has 4 rings (SSSR count). The molecule has 168 valence electrons. The molecule has 0 radical (unpaired) electrons. The molecule has 0 saturated carbocycles. The van der Waals surface area contributed by atoms with E-state index in [2.05, 4.69) is 15.6 Å². The zero-order valence-corrected chi connectivity index (χ0v) is 17.2. The summed E-state index contributed by atoms with van der Waals surface area (Å²) in [5.41, 5.74) is 10.2. The largest absolute Gasteiger partial charge is 0.419 e. The van der Waals surface area contributed by atoms with E-state index in [1.807, 2.05) is 0 Å². The molecule has 0 atom stereocenters. The van der Waals surface area contributed by atoms with Crippen molar-refractivity contribution in [3.63, 3.8) is 0 Å². The molecule has 1 aromatic heterocycles. The molecule has 2 aromatic carbocycles. The van der Waals surface area contributed by atoms with Crippen LogP contribution in [0.25, 0.3) is 11.5 Å². The van der Waals surface area contributed by atoms with Crippen molar-refractivity contribution in [1.29, 1.82) is 0 Å². The monoisotopic (exact) mass is 443 g/mol. The van der Waals surface area contributed by atoms with Crippen LogP contribution in [0.2, 0.25) is 0 Å². The second-order valence-electron chi connectivity index (χ2n) is 7.03. The van der Waals surface area contributed by atoms with Crippen molar-refractivity contribution in [3.8, 4) is 11.5 Å². The minimum atomic E-state index is -0.951. The van der Waals surface area contributed by atoms with Gasteiger partial charge in [0, 0.05) is 11.3 Å².